The molecule has 0 aliphatic carbocycles. The smallest absolute Gasteiger partial charge is 0.120 e. The third-order valence-electron chi connectivity index (χ3n) is 3.28. The molecule has 0 spiro atoms. The summed E-state index contributed by atoms with van der Waals surface area (Å²) in [5.41, 5.74) is 2.48. The van der Waals surface area contributed by atoms with Gasteiger partial charge in [0.1, 0.15) is 5.75 Å². The van der Waals surface area contributed by atoms with Crippen LogP contribution in [0.4, 0.5) is 0 Å². The number of nitrogens with one attached hydrogen (secondary N) is 1. The molecule has 1 atom stereocenters. The van der Waals surface area contributed by atoms with Crippen LogP contribution in [-0.4, -0.2) is 22.4 Å². The van der Waals surface area contributed by atoms with Gasteiger partial charge in [0.15, 0.2) is 0 Å². The Kier molecular flexibility index (Phi) is 5.39. The average Bonchev–Trinajstić information content (AvgIpc) is 2.83. The number of benzene rings is 1. The van der Waals surface area contributed by atoms with Crippen LogP contribution in [0.2, 0.25) is 0 Å². The van der Waals surface area contributed by atoms with E-state index in [1.54, 1.807) is 0 Å². The van der Waals surface area contributed by atoms with Gasteiger partial charge in [-0.2, -0.15) is 5.10 Å². The van der Waals surface area contributed by atoms with Gasteiger partial charge in [0.05, 0.1) is 12.3 Å². The molecule has 1 heterocycles. The normalized spacial score (nSPS) is 12.6. The largest absolute Gasteiger partial charge is 0.491 e. The summed E-state index contributed by atoms with van der Waals surface area (Å²) in [6.45, 7) is 7.15. The summed E-state index contributed by atoms with van der Waals surface area (Å²) in [6, 6.07) is 8.62. The van der Waals surface area contributed by atoms with E-state index in [4.69, 9.17) is 4.74 Å². The lowest BCUT2D eigenvalue weighted by molar-refractivity contribution is 0.242. The summed E-state index contributed by atoms with van der Waals surface area (Å²) in [4.78, 5) is 0. The minimum atomic E-state index is 0.191. The highest BCUT2D eigenvalue weighted by molar-refractivity contribution is 5.31. The number of rotatable bonds is 7. The number of nitrogens with zero attached hydrogens (tertiary/aromatic N) is 2. The Morgan fingerprint density at radius 2 is 2.14 bits per heavy atom. The number of hydrogen-bond acceptors (Lipinski definition) is 3. The van der Waals surface area contributed by atoms with Crippen LogP contribution < -0.4 is 10.1 Å². The standard InChI is InChI=1S/C17H25N3O/c1-5-18-17(9-14-11-19-20(4)12-14)15-7-6-8-16(10-15)21-13(2)3/h6-8,10-13,17-18H,5,9H2,1-4H3. The Bertz CT molecular complexity index is 563. The minimum absolute atomic E-state index is 0.191. The molecule has 0 radical (unpaired) electrons. The van der Waals surface area contributed by atoms with Crippen molar-refractivity contribution in [2.75, 3.05) is 6.54 Å². The van der Waals surface area contributed by atoms with E-state index in [2.05, 4.69) is 41.7 Å². The maximum Gasteiger partial charge on any atom is 0.120 e. The van der Waals surface area contributed by atoms with Crippen LogP contribution in [0.15, 0.2) is 36.7 Å². The van der Waals surface area contributed by atoms with Crippen LogP contribution in [0.5, 0.6) is 5.75 Å². The van der Waals surface area contributed by atoms with Gasteiger partial charge in [0.2, 0.25) is 0 Å². The molecular formula is C17H25N3O. The maximum absolute atomic E-state index is 5.79. The second-order valence-electron chi connectivity index (χ2n) is 5.58. The van der Waals surface area contributed by atoms with Crippen LogP contribution >= 0.6 is 0 Å². The van der Waals surface area contributed by atoms with Crippen molar-refractivity contribution in [3.63, 3.8) is 0 Å². The van der Waals surface area contributed by atoms with Gasteiger partial charge in [-0.1, -0.05) is 19.1 Å². The highest BCUT2D eigenvalue weighted by atomic mass is 16.5. The predicted octanol–water partition coefficient (Wildman–Crippen LogP) is 3.10. The Morgan fingerprint density at radius 3 is 2.76 bits per heavy atom. The van der Waals surface area contributed by atoms with E-state index in [9.17, 15) is 0 Å². The lowest BCUT2D eigenvalue weighted by Gasteiger charge is -2.19. The summed E-state index contributed by atoms with van der Waals surface area (Å²) >= 11 is 0. The Morgan fingerprint density at radius 1 is 1.33 bits per heavy atom. The van der Waals surface area contributed by atoms with E-state index >= 15 is 0 Å². The first kappa shape index (κ1) is 15.6. The topological polar surface area (TPSA) is 39.1 Å². The molecule has 2 aromatic rings. The third kappa shape index (κ3) is 4.60. The molecule has 2 rings (SSSR count). The fourth-order valence-electron chi connectivity index (χ4n) is 2.44. The molecule has 1 aromatic heterocycles. The van der Waals surface area contributed by atoms with Crippen LogP contribution in [0.25, 0.3) is 0 Å². The molecule has 4 nitrogen and oxygen atoms in total. The molecule has 0 aliphatic heterocycles. The summed E-state index contributed by atoms with van der Waals surface area (Å²) in [7, 11) is 1.95. The van der Waals surface area contributed by atoms with Gasteiger partial charge < -0.3 is 10.1 Å². The van der Waals surface area contributed by atoms with Crippen LogP contribution in [-0.2, 0) is 13.5 Å². The third-order valence-corrected chi connectivity index (χ3v) is 3.28. The van der Waals surface area contributed by atoms with Crippen molar-refractivity contribution in [1.29, 1.82) is 0 Å². The molecule has 0 saturated carbocycles. The fraction of sp³-hybridized carbons (Fsp3) is 0.471. The van der Waals surface area contributed by atoms with Gasteiger partial charge in [0.25, 0.3) is 0 Å². The fourth-order valence-corrected chi connectivity index (χ4v) is 2.44. The molecule has 1 unspecified atom stereocenters. The lowest BCUT2D eigenvalue weighted by atomic mass is 10.0. The van der Waals surface area contributed by atoms with E-state index in [1.165, 1.54) is 11.1 Å². The van der Waals surface area contributed by atoms with Gasteiger partial charge in [-0.05, 0) is 50.1 Å². The number of aromatic nitrogens is 2. The van der Waals surface area contributed by atoms with Crippen molar-refractivity contribution in [2.45, 2.75) is 39.3 Å². The van der Waals surface area contributed by atoms with E-state index in [0.717, 1.165) is 18.7 Å². The number of ether oxygens (including phenoxy) is 1. The Balaban J connectivity index is 2.17. The maximum atomic E-state index is 5.79. The van der Waals surface area contributed by atoms with Gasteiger partial charge in [-0.15, -0.1) is 0 Å². The molecule has 1 aromatic carbocycles. The zero-order valence-corrected chi connectivity index (χ0v) is 13.3. The Labute approximate surface area is 127 Å². The van der Waals surface area contributed by atoms with E-state index in [-0.39, 0.29) is 12.1 Å². The van der Waals surface area contributed by atoms with Crippen molar-refractivity contribution >= 4 is 0 Å². The molecule has 0 saturated heterocycles. The summed E-state index contributed by atoms with van der Waals surface area (Å²) in [5, 5.41) is 7.79. The van der Waals surface area contributed by atoms with E-state index in [0.29, 0.717) is 0 Å². The van der Waals surface area contributed by atoms with Gasteiger partial charge >= 0.3 is 0 Å². The SMILES string of the molecule is CCNC(Cc1cnn(C)c1)c1cccc(OC(C)C)c1. The summed E-state index contributed by atoms with van der Waals surface area (Å²) < 4.78 is 7.64. The van der Waals surface area contributed by atoms with Crippen LogP contribution in [0.1, 0.15) is 37.9 Å². The number of aryl methyl sites for hydroxylation is 1. The molecule has 114 valence electrons. The zero-order valence-electron chi connectivity index (χ0n) is 13.3. The van der Waals surface area contributed by atoms with Crippen LogP contribution in [0, 0.1) is 0 Å². The first-order chi connectivity index (χ1) is 10.1. The molecule has 1 N–H and O–H groups in total. The number of hydrogen-bond donors (Lipinski definition) is 1. The highest BCUT2D eigenvalue weighted by Crippen LogP contribution is 2.23. The van der Waals surface area contributed by atoms with Crippen molar-refractivity contribution in [3.8, 4) is 5.75 Å². The first-order valence-corrected chi connectivity index (χ1v) is 7.56. The molecule has 0 fully saturated rings. The molecule has 21 heavy (non-hydrogen) atoms. The molecule has 0 bridgehead atoms. The molecular weight excluding hydrogens is 262 g/mol. The number of likely N-dealkylation sites (N-methyl/N-ethyl adjacent to an activating group) is 1. The van der Waals surface area contributed by atoms with E-state index in [1.807, 2.05) is 37.8 Å². The minimum Gasteiger partial charge on any atom is -0.491 e. The average molecular weight is 287 g/mol. The summed E-state index contributed by atoms with van der Waals surface area (Å²) in [6.07, 6.45) is 5.11. The predicted molar refractivity (Wildman–Crippen MR) is 85.5 cm³/mol. The van der Waals surface area contributed by atoms with Crippen LogP contribution in [0.3, 0.4) is 0 Å². The Hall–Kier alpha value is -1.81. The summed E-state index contributed by atoms with van der Waals surface area (Å²) in [5.74, 6) is 0.927. The second kappa shape index (κ2) is 7.27. The van der Waals surface area contributed by atoms with E-state index < -0.39 is 0 Å². The molecule has 4 heteroatoms. The monoisotopic (exact) mass is 287 g/mol. The molecule has 0 aliphatic rings. The molecule has 0 amide bonds. The first-order valence-electron chi connectivity index (χ1n) is 7.56. The van der Waals surface area contributed by atoms with Crippen molar-refractivity contribution in [1.82, 2.24) is 15.1 Å². The van der Waals surface area contributed by atoms with Crippen molar-refractivity contribution in [2.24, 2.45) is 7.05 Å². The lowest BCUT2D eigenvalue weighted by Crippen LogP contribution is -2.23. The second-order valence-corrected chi connectivity index (χ2v) is 5.58. The van der Waals surface area contributed by atoms with Gasteiger partial charge in [0, 0.05) is 19.3 Å². The van der Waals surface area contributed by atoms with Crippen molar-refractivity contribution in [3.05, 3.63) is 47.8 Å². The van der Waals surface area contributed by atoms with Crippen molar-refractivity contribution < 1.29 is 4.74 Å². The van der Waals surface area contributed by atoms with Gasteiger partial charge in [-0.3, -0.25) is 4.68 Å². The highest BCUT2D eigenvalue weighted by Gasteiger charge is 2.13. The zero-order chi connectivity index (χ0) is 15.2. The van der Waals surface area contributed by atoms with Gasteiger partial charge in [-0.25, -0.2) is 0 Å². The quantitative estimate of drug-likeness (QED) is 0.850.